The monoisotopic (exact) mass is 457 g/mol. The Bertz CT molecular complexity index is 1200. The summed E-state index contributed by atoms with van der Waals surface area (Å²) in [6.07, 6.45) is -4.54. The Balaban J connectivity index is 1.71. The number of hydrogen-bond acceptors (Lipinski definition) is 3. The van der Waals surface area contributed by atoms with E-state index in [0.29, 0.717) is 10.5 Å². The van der Waals surface area contributed by atoms with Gasteiger partial charge in [0.15, 0.2) is 0 Å². The normalized spacial score (nSPS) is 14.4. The summed E-state index contributed by atoms with van der Waals surface area (Å²) in [5.74, 6) is -1.75. The number of amides is 2. The minimum Gasteiger partial charge on any atom is -0.269 e. The van der Waals surface area contributed by atoms with Gasteiger partial charge in [0, 0.05) is 4.90 Å². The van der Waals surface area contributed by atoms with Gasteiger partial charge in [-0.1, -0.05) is 54.2 Å². The molecule has 4 rings (SSSR count). The van der Waals surface area contributed by atoms with Gasteiger partial charge in [-0.3, -0.25) is 14.5 Å². The topological polar surface area (TPSA) is 37.4 Å². The predicted molar refractivity (Wildman–Crippen MR) is 113 cm³/mol. The molecule has 8 heteroatoms. The van der Waals surface area contributed by atoms with Crippen molar-refractivity contribution < 1.29 is 27.2 Å². The van der Waals surface area contributed by atoms with Gasteiger partial charge in [0.2, 0.25) is 0 Å². The zero-order valence-electron chi connectivity index (χ0n) is 16.4. The molecule has 0 spiro atoms. The largest absolute Gasteiger partial charge is 0.416 e. The maximum atomic E-state index is 13.4. The molecule has 3 aromatic carbocycles. The van der Waals surface area contributed by atoms with Gasteiger partial charge in [-0.15, -0.1) is 0 Å². The molecular weight excluding hydrogens is 442 g/mol. The van der Waals surface area contributed by atoms with E-state index in [9.17, 15) is 27.2 Å². The summed E-state index contributed by atoms with van der Waals surface area (Å²) in [5.41, 5.74) is -0.240. The highest BCUT2D eigenvalue weighted by molar-refractivity contribution is 8.04. The van der Waals surface area contributed by atoms with Crippen molar-refractivity contribution in [3.05, 3.63) is 106 Å². The third-order valence-corrected chi connectivity index (χ3v) is 5.91. The molecule has 1 aliphatic heterocycles. The van der Waals surface area contributed by atoms with E-state index < -0.39 is 29.4 Å². The van der Waals surface area contributed by atoms with Gasteiger partial charge in [0.25, 0.3) is 11.8 Å². The Morgan fingerprint density at radius 1 is 0.812 bits per heavy atom. The minimum atomic E-state index is -4.54. The van der Waals surface area contributed by atoms with Gasteiger partial charge in [-0.05, 0) is 47.5 Å². The number of carbonyl (C=O) groups excluding carboxylic acids is 2. The van der Waals surface area contributed by atoms with Gasteiger partial charge in [-0.25, -0.2) is 4.39 Å². The number of imide groups is 1. The van der Waals surface area contributed by atoms with E-state index in [2.05, 4.69) is 0 Å². The first-order valence-corrected chi connectivity index (χ1v) is 10.3. The average Bonchev–Trinajstić information content (AvgIpc) is 2.99. The predicted octanol–water partition coefficient (Wildman–Crippen LogP) is 5.92. The number of benzene rings is 3. The summed E-state index contributed by atoms with van der Waals surface area (Å²) in [6, 6.07) is 18.6. The van der Waals surface area contributed by atoms with E-state index >= 15 is 0 Å². The van der Waals surface area contributed by atoms with Crippen LogP contribution in [-0.4, -0.2) is 16.7 Å². The van der Waals surface area contributed by atoms with Crippen LogP contribution in [0.2, 0.25) is 0 Å². The van der Waals surface area contributed by atoms with E-state index in [1.165, 1.54) is 36.4 Å². The summed E-state index contributed by atoms with van der Waals surface area (Å²) >= 11 is 1.09. The van der Waals surface area contributed by atoms with Crippen LogP contribution in [0.4, 0.5) is 17.6 Å². The maximum absolute atomic E-state index is 13.4. The van der Waals surface area contributed by atoms with Crippen molar-refractivity contribution in [2.45, 2.75) is 17.6 Å². The summed E-state index contributed by atoms with van der Waals surface area (Å²) < 4.78 is 52.6. The molecule has 0 atom stereocenters. The molecule has 162 valence electrons. The van der Waals surface area contributed by atoms with Gasteiger partial charge in [-0.2, -0.15) is 13.2 Å². The zero-order valence-corrected chi connectivity index (χ0v) is 17.2. The van der Waals surface area contributed by atoms with Crippen LogP contribution in [0, 0.1) is 5.82 Å². The standard InChI is InChI=1S/C24H15F4NO2S/c25-18-11-9-16(10-12-18)20-21(32-19-7-2-1-3-8-19)23(31)29(22(20)30)14-15-5-4-6-17(13-15)24(26,27)28/h1-13H,14H2. The molecule has 0 fully saturated rings. The number of alkyl halides is 3. The molecule has 0 saturated heterocycles. The summed E-state index contributed by atoms with van der Waals surface area (Å²) in [4.78, 5) is 28.2. The smallest absolute Gasteiger partial charge is 0.269 e. The highest BCUT2D eigenvalue weighted by Gasteiger charge is 2.40. The third kappa shape index (κ3) is 4.45. The molecule has 1 aliphatic rings. The van der Waals surface area contributed by atoms with E-state index in [0.717, 1.165) is 28.8 Å². The quantitative estimate of drug-likeness (QED) is 0.353. The van der Waals surface area contributed by atoms with E-state index in [-0.39, 0.29) is 22.6 Å². The van der Waals surface area contributed by atoms with E-state index in [1.54, 1.807) is 30.3 Å². The Morgan fingerprint density at radius 2 is 1.50 bits per heavy atom. The Kier molecular flexibility index (Phi) is 5.88. The second kappa shape index (κ2) is 8.63. The first kappa shape index (κ1) is 21.8. The molecule has 0 saturated carbocycles. The van der Waals surface area contributed by atoms with Crippen molar-refractivity contribution in [1.82, 2.24) is 4.90 Å². The lowest BCUT2D eigenvalue weighted by Gasteiger charge is -2.16. The molecule has 3 nitrogen and oxygen atoms in total. The van der Waals surface area contributed by atoms with Crippen molar-refractivity contribution in [1.29, 1.82) is 0 Å². The Hall–Kier alpha value is -3.39. The van der Waals surface area contributed by atoms with Crippen molar-refractivity contribution >= 4 is 29.1 Å². The maximum Gasteiger partial charge on any atom is 0.416 e. The second-order valence-corrected chi connectivity index (χ2v) is 8.10. The summed E-state index contributed by atoms with van der Waals surface area (Å²) in [5, 5.41) is 0. The lowest BCUT2D eigenvalue weighted by molar-refractivity contribution is -0.137. The zero-order chi connectivity index (χ0) is 22.9. The number of rotatable bonds is 5. The first-order chi connectivity index (χ1) is 15.2. The average molecular weight is 457 g/mol. The highest BCUT2D eigenvalue weighted by Crippen LogP contribution is 2.40. The Labute approximate surface area is 185 Å². The highest BCUT2D eigenvalue weighted by atomic mass is 32.2. The van der Waals surface area contributed by atoms with Crippen LogP contribution in [0.1, 0.15) is 16.7 Å². The van der Waals surface area contributed by atoms with Crippen LogP contribution in [-0.2, 0) is 22.3 Å². The molecule has 1 heterocycles. The van der Waals surface area contributed by atoms with Gasteiger partial charge in [0.1, 0.15) is 5.82 Å². The fourth-order valence-electron chi connectivity index (χ4n) is 3.30. The first-order valence-electron chi connectivity index (χ1n) is 9.49. The molecule has 0 bridgehead atoms. The number of halogens is 4. The number of thioether (sulfide) groups is 1. The van der Waals surface area contributed by atoms with E-state index in [1.807, 2.05) is 0 Å². The van der Waals surface area contributed by atoms with Gasteiger partial charge >= 0.3 is 6.18 Å². The fourth-order valence-corrected chi connectivity index (χ4v) is 4.33. The van der Waals surface area contributed by atoms with Crippen LogP contribution < -0.4 is 0 Å². The van der Waals surface area contributed by atoms with E-state index in [4.69, 9.17) is 0 Å². The molecule has 0 aliphatic carbocycles. The van der Waals surface area contributed by atoms with Gasteiger partial charge in [0.05, 0.1) is 22.6 Å². The van der Waals surface area contributed by atoms with Crippen LogP contribution in [0.5, 0.6) is 0 Å². The molecule has 32 heavy (non-hydrogen) atoms. The third-order valence-electron chi connectivity index (χ3n) is 4.82. The number of carbonyl (C=O) groups is 2. The van der Waals surface area contributed by atoms with Crippen LogP contribution in [0.3, 0.4) is 0 Å². The lowest BCUT2D eigenvalue weighted by atomic mass is 10.1. The second-order valence-electron chi connectivity index (χ2n) is 7.02. The van der Waals surface area contributed by atoms with Crippen molar-refractivity contribution in [3.63, 3.8) is 0 Å². The minimum absolute atomic E-state index is 0.0934. The number of nitrogens with zero attached hydrogens (tertiary/aromatic N) is 1. The molecule has 0 N–H and O–H groups in total. The molecule has 0 aromatic heterocycles. The van der Waals surface area contributed by atoms with Crippen LogP contribution >= 0.6 is 11.8 Å². The summed E-state index contributed by atoms with van der Waals surface area (Å²) in [7, 11) is 0. The molecular formula is C24H15F4NO2S. The fraction of sp³-hybridized carbons (Fsp3) is 0.0833. The van der Waals surface area contributed by atoms with Gasteiger partial charge < -0.3 is 0 Å². The lowest BCUT2D eigenvalue weighted by Crippen LogP contribution is -2.31. The Morgan fingerprint density at radius 3 is 2.16 bits per heavy atom. The van der Waals surface area contributed by atoms with Crippen LogP contribution in [0.25, 0.3) is 5.57 Å². The molecule has 2 amide bonds. The number of hydrogen-bond donors (Lipinski definition) is 0. The molecule has 0 radical (unpaired) electrons. The molecule has 0 unspecified atom stereocenters. The summed E-state index contributed by atoms with van der Waals surface area (Å²) in [6.45, 7) is -0.314. The van der Waals surface area contributed by atoms with Crippen LogP contribution in [0.15, 0.2) is 88.7 Å². The SMILES string of the molecule is O=C1C(Sc2ccccc2)=C(c2ccc(F)cc2)C(=O)N1Cc1cccc(C(F)(F)F)c1. The molecule has 3 aromatic rings. The van der Waals surface area contributed by atoms with Crippen molar-refractivity contribution in [2.24, 2.45) is 0 Å². The van der Waals surface area contributed by atoms with Crippen molar-refractivity contribution in [2.75, 3.05) is 0 Å². The van der Waals surface area contributed by atoms with Crippen molar-refractivity contribution in [3.8, 4) is 0 Å².